The SMILES string of the molecule is CCCCCCCCCCCCc1cc(-c2cccs2)sc1-c1ccc(Br)s1. The molecule has 0 saturated carbocycles. The Morgan fingerprint density at radius 2 is 1.46 bits per heavy atom. The predicted octanol–water partition coefficient (Wildman–Crippen LogP) is 10.4. The Hall–Kier alpha value is -0.420. The molecular formula is C24H31BrS3. The Morgan fingerprint density at radius 3 is 2.07 bits per heavy atom. The molecule has 28 heavy (non-hydrogen) atoms. The third-order valence-corrected chi connectivity index (χ3v) is 9.22. The molecule has 0 aliphatic heterocycles. The van der Waals surface area contributed by atoms with Crippen LogP contribution in [0.2, 0.25) is 0 Å². The van der Waals surface area contributed by atoms with E-state index < -0.39 is 0 Å². The summed E-state index contributed by atoms with van der Waals surface area (Å²) >= 11 is 9.30. The zero-order chi connectivity index (χ0) is 19.6. The molecule has 0 N–H and O–H groups in total. The fourth-order valence-electron chi connectivity index (χ4n) is 3.60. The molecule has 0 atom stereocenters. The van der Waals surface area contributed by atoms with Crippen molar-refractivity contribution >= 4 is 49.9 Å². The highest BCUT2D eigenvalue weighted by Gasteiger charge is 2.14. The van der Waals surface area contributed by atoms with E-state index in [-0.39, 0.29) is 0 Å². The lowest BCUT2D eigenvalue weighted by Gasteiger charge is -2.04. The first-order valence-electron chi connectivity index (χ1n) is 10.7. The second-order valence-electron chi connectivity index (χ2n) is 7.48. The van der Waals surface area contributed by atoms with Crippen LogP contribution in [0.1, 0.15) is 76.7 Å². The average molecular weight is 496 g/mol. The van der Waals surface area contributed by atoms with E-state index in [1.54, 1.807) is 5.56 Å². The zero-order valence-corrected chi connectivity index (χ0v) is 20.9. The van der Waals surface area contributed by atoms with E-state index in [0.717, 1.165) is 0 Å². The second kappa shape index (κ2) is 12.3. The summed E-state index contributed by atoms with van der Waals surface area (Å²) in [4.78, 5) is 5.71. The van der Waals surface area contributed by atoms with Gasteiger partial charge in [0.15, 0.2) is 0 Å². The highest BCUT2D eigenvalue weighted by Crippen LogP contribution is 2.43. The van der Waals surface area contributed by atoms with Crippen LogP contribution in [-0.4, -0.2) is 0 Å². The molecule has 0 radical (unpaired) electrons. The third kappa shape index (κ3) is 6.83. The minimum Gasteiger partial charge on any atom is -0.143 e. The number of rotatable bonds is 13. The highest BCUT2D eigenvalue weighted by atomic mass is 79.9. The van der Waals surface area contributed by atoms with Crippen LogP contribution < -0.4 is 0 Å². The van der Waals surface area contributed by atoms with Crippen LogP contribution in [0.5, 0.6) is 0 Å². The van der Waals surface area contributed by atoms with Crippen LogP contribution in [0.25, 0.3) is 19.5 Å². The molecule has 3 aromatic heterocycles. The van der Waals surface area contributed by atoms with Crippen molar-refractivity contribution < 1.29 is 0 Å². The summed E-state index contributed by atoms with van der Waals surface area (Å²) in [7, 11) is 0. The fraction of sp³-hybridized carbons (Fsp3) is 0.500. The molecule has 0 spiro atoms. The highest BCUT2D eigenvalue weighted by molar-refractivity contribution is 9.11. The van der Waals surface area contributed by atoms with Crippen LogP contribution >= 0.6 is 49.9 Å². The number of thiophene rings is 3. The van der Waals surface area contributed by atoms with E-state index in [9.17, 15) is 0 Å². The third-order valence-electron chi connectivity index (χ3n) is 5.17. The van der Waals surface area contributed by atoms with Gasteiger partial charge in [-0.1, -0.05) is 70.8 Å². The minimum atomic E-state index is 1.21. The Labute approximate surface area is 191 Å². The van der Waals surface area contributed by atoms with E-state index in [4.69, 9.17) is 0 Å². The Bertz CT molecular complexity index is 798. The lowest BCUT2D eigenvalue weighted by atomic mass is 10.0. The second-order valence-corrected chi connectivity index (χ2v) is 11.9. The molecular weight excluding hydrogens is 464 g/mol. The smallest absolute Gasteiger partial charge is 0.0705 e. The molecule has 152 valence electrons. The normalized spacial score (nSPS) is 11.4. The van der Waals surface area contributed by atoms with Gasteiger partial charge in [0.25, 0.3) is 0 Å². The van der Waals surface area contributed by atoms with Crippen LogP contribution in [0.4, 0.5) is 0 Å². The lowest BCUT2D eigenvalue weighted by Crippen LogP contribution is -1.86. The van der Waals surface area contributed by atoms with Gasteiger partial charge in [-0.05, 0) is 64.0 Å². The molecule has 0 aliphatic rings. The van der Waals surface area contributed by atoms with E-state index in [0.29, 0.717) is 0 Å². The first-order valence-corrected chi connectivity index (χ1v) is 14.0. The number of hydrogen-bond donors (Lipinski definition) is 0. The summed E-state index contributed by atoms with van der Waals surface area (Å²) in [6.07, 6.45) is 15.2. The van der Waals surface area contributed by atoms with E-state index in [2.05, 4.69) is 58.6 Å². The van der Waals surface area contributed by atoms with Crippen molar-refractivity contribution in [3.05, 3.63) is 45.1 Å². The fourth-order valence-corrected chi connectivity index (χ4v) is 7.17. The molecule has 0 amide bonds. The lowest BCUT2D eigenvalue weighted by molar-refractivity contribution is 0.556. The summed E-state index contributed by atoms with van der Waals surface area (Å²) in [6, 6.07) is 11.3. The van der Waals surface area contributed by atoms with Gasteiger partial charge in [0.2, 0.25) is 0 Å². The van der Waals surface area contributed by atoms with Crippen molar-refractivity contribution in [1.82, 2.24) is 0 Å². The molecule has 0 aliphatic carbocycles. The number of hydrogen-bond acceptors (Lipinski definition) is 3. The molecule has 3 heterocycles. The van der Waals surface area contributed by atoms with Gasteiger partial charge in [-0.2, -0.15) is 0 Å². The van der Waals surface area contributed by atoms with Gasteiger partial charge in [0.1, 0.15) is 0 Å². The van der Waals surface area contributed by atoms with Gasteiger partial charge in [-0.15, -0.1) is 34.0 Å². The first kappa shape index (κ1) is 22.3. The molecule has 0 aromatic carbocycles. The van der Waals surface area contributed by atoms with Gasteiger partial charge < -0.3 is 0 Å². The molecule has 0 nitrogen and oxygen atoms in total. The molecule has 3 rings (SSSR count). The standard InChI is InChI=1S/C24H31BrS3/c1-2-3-4-5-6-7-8-9-10-11-13-19-18-22(20-14-12-17-26-20)28-24(19)21-15-16-23(25)27-21/h12,14-18H,2-11,13H2,1H3. The summed E-state index contributed by atoms with van der Waals surface area (Å²) in [5.74, 6) is 0. The van der Waals surface area contributed by atoms with Gasteiger partial charge >= 0.3 is 0 Å². The topological polar surface area (TPSA) is 0 Å². The largest absolute Gasteiger partial charge is 0.143 e. The van der Waals surface area contributed by atoms with Crippen LogP contribution in [-0.2, 0) is 6.42 Å². The Kier molecular flexibility index (Phi) is 9.79. The number of unbranched alkanes of at least 4 members (excludes halogenated alkanes) is 9. The predicted molar refractivity (Wildman–Crippen MR) is 134 cm³/mol. The van der Waals surface area contributed by atoms with Gasteiger partial charge in [0.05, 0.1) is 3.79 Å². The Morgan fingerprint density at radius 1 is 0.750 bits per heavy atom. The van der Waals surface area contributed by atoms with E-state index in [1.807, 2.05) is 34.0 Å². The first-order chi connectivity index (χ1) is 13.8. The number of aryl methyl sites for hydroxylation is 1. The molecule has 0 saturated heterocycles. The molecule has 0 bridgehead atoms. The molecule has 3 aromatic rings. The van der Waals surface area contributed by atoms with E-state index in [1.165, 1.54) is 93.9 Å². The maximum Gasteiger partial charge on any atom is 0.0705 e. The van der Waals surface area contributed by atoms with Gasteiger partial charge in [0, 0.05) is 19.5 Å². The van der Waals surface area contributed by atoms with Crippen molar-refractivity contribution in [3.8, 4) is 19.5 Å². The summed E-state index contributed by atoms with van der Waals surface area (Å²) in [5.41, 5.74) is 1.54. The molecule has 4 heteroatoms. The summed E-state index contributed by atoms with van der Waals surface area (Å²) in [6.45, 7) is 2.29. The average Bonchev–Trinajstić information content (AvgIpc) is 3.43. The number of halogens is 1. The Balaban J connectivity index is 1.49. The molecule has 0 fully saturated rings. The maximum absolute atomic E-state index is 3.63. The summed E-state index contributed by atoms with van der Waals surface area (Å²) in [5, 5.41) is 2.18. The van der Waals surface area contributed by atoms with Crippen molar-refractivity contribution in [2.24, 2.45) is 0 Å². The van der Waals surface area contributed by atoms with Crippen LogP contribution in [0, 0.1) is 0 Å². The van der Waals surface area contributed by atoms with Crippen molar-refractivity contribution in [3.63, 3.8) is 0 Å². The quantitative estimate of drug-likeness (QED) is 0.207. The summed E-state index contributed by atoms with van der Waals surface area (Å²) < 4.78 is 1.22. The van der Waals surface area contributed by atoms with Crippen LogP contribution in [0.15, 0.2) is 39.5 Å². The van der Waals surface area contributed by atoms with Crippen LogP contribution in [0.3, 0.4) is 0 Å². The molecule has 0 unspecified atom stereocenters. The monoisotopic (exact) mass is 494 g/mol. The van der Waals surface area contributed by atoms with Crippen molar-refractivity contribution in [2.75, 3.05) is 0 Å². The van der Waals surface area contributed by atoms with E-state index >= 15 is 0 Å². The van der Waals surface area contributed by atoms with Gasteiger partial charge in [-0.3, -0.25) is 0 Å². The maximum atomic E-state index is 3.63. The van der Waals surface area contributed by atoms with Crippen molar-refractivity contribution in [2.45, 2.75) is 77.6 Å². The van der Waals surface area contributed by atoms with Gasteiger partial charge in [-0.25, -0.2) is 0 Å². The zero-order valence-electron chi connectivity index (χ0n) is 16.8. The van der Waals surface area contributed by atoms with Crippen molar-refractivity contribution in [1.29, 1.82) is 0 Å². The minimum absolute atomic E-state index is 1.21.